The van der Waals surface area contributed by atoms with E-state index in [2.05, 4.69) is 14.9 Å². The molecule has 0 radical (unpaired) electrons. The number of aryl methyl sites for hydroxylation is 3. The summed E-state index contributed by atoms with van der Waals surface area (Å²) in [5, 5.41) is 8.16. The van der Waals surface area contributed by atoms with E-state index in [1.807, 2.05) is 26.0 Å². The molecule has 0 aliphatic carbocycles. The van der Waals surface area contributed by atoms with Crippen LogP contribution in [0.15, 0.2) is 41.3 Å². The molecule has 0 unspecified atom stereocenters. The maximum absolute atomic E-state index is 13.1. The second kappa shape index (κ2) is 8.53. The van der Waals surface area contributed by atoms with Crippen molar-refractivity contribution in [2.24, 2.45) is 0 Å². The molecule has 3 aromatic rings. The van der Waals surface area contributed by atoms with Crippen LogP contribution in [0.2, 0.25) is 0 Å². The standard InChI is InChI=1S/C21H25FN4O3S/c1-6-26-20(23-24-21(26)29-18-9-7-17(22)8-10-18)16(5)25-30(27,28)19-14(3)11-13(2)12-15(19)4/h7-12,16,25H,6H2,1-5H3/t16-/m1/s1. The molecule has 160 valence electrons. The second-order valence-electron chi connectivity index (χ2n) is 7.21. The molecule has 0 aliphatic heterocycles. The van der Waals surface area contributed by atoms with Crippen LogP contribution in [0.3, 0.4) is 0 Å². The molecule has 2 aromatic carbocycles. The molecule has 0 saturated heterocycles. The van der Waals surface area contributed by atoms with Crippen LogP contribution < -0.4 is 9.46 Å². The van der Waals surface area contributed by atoms with E-state index in [4.69, 9.17) is 4.74 Å². The number of hydrogen-bond donors (Lipinski definition) is 1. The highest BCUT2D eigenvalue weighted by Crippen LogP contribution is 2.26. The maximum Gasteiger partial charge on any atom is 0.322 e. The van der Waals surface area contributed by atoms with E-state index in [1.54, 1.807) is 25.3 Å². The van der Waals surface area contributed by atoms with Gasteiger partial charge >= 0.3 is 6.01 Å². The Labute approximate surface area is 176 Å². The Bertz CT molecular complexity index is 1130. The molecule has 0 fully saturated rings. The lowest BCUT2D eigenvalue weighted by molar-refractivity contribution is 0.407. The largest absolute Gasteiger partial charge is 0.424 e. The quantitative estimate of drug-likeness (QED) is 0.605. The number of halogens is 1. The molecule has 30 heavy (non-hydrogen) atoms. The number of nitrogens with zero attached hydrogens (tertiary/aromatic N) is 3. The Hall–Kier alpha value is -2.78. The van der Waals surface area contributed by atoms with Crippen LogP contribution in [-0.2, 0) is 16.6 Å². The van der Waals surface area contributed by atoms with E-state index in [0.717, 1.165) is 5.56 Å². The van der Waals surface area contributed by atoms with Crippen LogP contribution in [0.1, 0.15) is 42.4 Å². The highest BCUT2D eigenvalue weighted by Gasteiger charge is 2.26. The fraction of sp³-hybridized carbons (Fsp3) is 0.333. The highest BCUT2D eigenvalue weighted by atomic mass is 32.2. The third-order valence-electron chi connectivity index (χ3n) is 4.68. The molecular formula is C21H25FN4O3S. The molecule has 7 nitrogen and oxygen atoms in total. The molecule has 0 spiro atoms. The fourth-order valence-electron chi connectivity index (χ4n) is 3.54. The lowest BCUT2D eigenvalue weighted by atomic mass is 10.1. The molecule has 0 saturated carbocycles. The average molecular weight is 433 g/mol. The predicted molar refractivity (Wildman–Crippen MR) is 112 cm³/mol. The minimum Gasteiger partial charge on any atom is -0.424 e. The zero-order chi connectivity index (χ0) is 22.1. The van der Waals surface area contributed by atoms with Crippen molar-refractivity contribution in [3.05, 3.63) is 64.7 Å². The summed E-state index contributed by atoms with van der Waals surface area (Å²) in [6, 6.07) is 8.78. The summed E-state index contributed by atoms with van der Waals surface area (Å²) in [7, 11) is -3.78. The van der Waals surface area contributed by atoms with Gasteiger partial charge in [0, 0.05) is 6.54 Å². The monoisotopic (exact) mass is 432 g/mol. The summed E-state index contributed by atoms with van der Waals surface area (Å²) in [4.78, 5) is 0.269. The number of benzene rings is 2. The molecule has 0 aliphatic rings. The number of hydrogen-bond acceptors (Lipinski definition) is 5. The van der Waals surface area contributed by atoms with Crippen LogP contribution in [0.5, 0.6) is 11.8 Å². The number of nitrogens with one attached hydrogen (secondary N) is 1. The van der Waals surface area contributed by atoms with E-state index >= 15 is 0 Å². The molecule has 1 heterocycles. The van der Waals surface area contributed by atoms with Crippen molar-refractivity contribution in [1.82, 2.24) is 19.5 Å². The van der Waals surface area contributed by atoms with Crippen LogP contribution in [0.4, 0.5) is 4.39 Å². The Balaban J connectivity index is 1.87. The van der Waals surface area contributed by atoms with Gasteiger partial charge in [0.1, 0.15) is 11.6 Å². The van der Waals surface area contributed by atoms with E-state index in [1.165, 1.54) is 24.3 Å². The fourth-order valence-corrected chi connectivity index (χ4v) is 5.19. The van der Waals surface area contributed by atoms with Crippen LogP contribution in [0, 0.1) is 26.6 Å². The van der Waals surface area contributed by atoms with Crippen molar-refractivity contribution in [2.45, 2.75) is 52.1 Å². The molecule has 1 aromatic heterocycles. The first-order valence-corrected chi connectivity index (χ1v) is 11.1. The summed E-state index contributed by atoms with van der Waals surface area (Å²) in [5.74, 6) is 0.453. The smallest absolute Gasteiger partial charge is 0.322 e. The first-order valence-electron chi connectivity index (χ1n) is 9.59. The minimum atomic E-state index is -3.78. The zero-order valence-corrected chi connectivity index (χ0v) is 18.4. The van der Waals surface area contributed by atoms with Gasteiger partial charge < -0.3 is 4.74 Å². The Morgan fingerprint density at radius 2 is 1.70 bits per heavy atom. The van der Waals surface area contributed by atoms with Gasteiger partial charge in [0.25, 0.3) is 0 Å². The van der Waals surface area contributed by atoms with Crippen LogP contribution >= 0.6 is 0 Å². The topological polar surface area (TPSA) is 86.1 Å². The molecule has 0 bridgehead atoms. The van der Waals surface area contributed by atoms with Crippen LogP contribution in [0.25, 0.3) is 0 Å². The van der Waals surface area contributed by atoms with Crippen molar-refractivity contribution in [1.29, 1.82) is 0 Å². The first kappa shape index (κ1) is 21.9. The van der Waals surface area contributed by atoms with Crippen molar-refractivity contribution in [3.63, 3.8) is 0 Å². The number of aromatic nitrogens is 3. The third kappa shape index (κ3) is 4.52. The van der Waals surface area contributed by atoms with Gasteiger partial charge in [-0.1, -0.05) is 22.8 Å². The van der Waals surface area contributed by atoms with Gasteiger partial charge in [-0.15, -0.1) is 5.10 Å². The van der Waals surface area contributed by atoms with Crippen molar-refractivity contribution in [2.75, 3.05) is 0 Å². The summed E-state index contributed by atoms with van der Waals surface area (Å²) in [5.41, 5.74) is 2.37. The Kier molecular flexibility index (Phi) is 6.23. The van der Waals surface area contributed by atoms with E-state index in [-0.39, 0.29) is 16.7 Å². The lowest BCUT2D eigenvalue weighted by Gasteiger charge is -2.18. The number of rotatable bonds is 7. The van der Waals surface area contributed by atoms with Gasteiger partial charge in [0.05, 0.1) is 10.9 Å². The van der Waals surface area contributed by atoms with Gasteiger partial charge in [-0.3, -0.25) is 4.57 Å². The molecule has 9 heteroatoms. The van der Waals surface area contributed by atoms with Crippen molar-refractivity contribution in [3.8, 4) is 11.8 Å². The highest BCUT2D eigenvalue weighted by molar-refractivity contribution is 7.89. The summed E-state index contributed by atoms with van der Waals surface area (Å²) >= 11 is 0. The summed E-state index contributed by atoms with van der Waals surface area (Å²) in [6.07, 6.45) is 0. The first-order chi connectivity index (χ1) is 14.1. The summed E-state index contributed by atoms with van der Waals surface area (Å²) in [6.45, 7) is 9.53. The minimum absolute atomic E-state index is 0.202. The average Bonchev–Trinajstić information content (AvgIpc) is 3.04. The predicted octanol–water partition coefficient (Wildman–Crippen LogP) is 4.19. The number of sulfonamides is 1. The summed E-state index contributed by atoms with van der Waals surface area (Å²) < 4.78 is 49.3. The molecule has 1 N–H and O–H groups in total. The van der Waals surface area contributed by atoms with E-state index < -0.39 is 16.1 Å². The third-order valence-corrected chi connectivity index (χ3v) is 6.52. The van der Waals surface area contributed by atoms with Gasteiger partial charge in [-0.2, -0.15) is 0 Å². The van der Waals surface area contributed by atoms with Gasteiger partial charge in [-0.25, -0.2) is 17.5 Å². The van der Waals surface area contributed by atoms with E-state index in [9.17, 15) is 12.8 Å². The van der Waals surface area contributed by atoms with Crippen molar-refractivity contribution >= 4 is 10.0 Å². The Morgan fingerprint density at radius 3 is 2.27 bits per heavy atom. The van der Waals surface area contributed by atoms with Crippen molar-refractivity contribution < 1.29 is 17.5 Å². The van der Waals surface area contributed by atoms with Gasteiger partial charge in [-0.05, 0) is 70.0 Å². The zero-order valence-electron chi connectivity index (χ0n) is 17.6. The lowest BCUT2D eigenvalue weighted by Crippen LogP contribution is -2.30. The SMILES string of the molecule is CCn1c(Oc2ccc(F)cc2)nnc1[C@@H](C)NS(=O)(=O)c1c(C)cc(C)cc1C. The molecule has 3 rings (SSSR count). The maximum atomic E-state index is 13.1. The second-order valence-corrected chi connectivity index (χ2v) is 8.86. The molecular weight excluding hydrogens is 407 g/mol. The normalized spacial score (nSPS) is 12.7. The van der Waals surface area contributed by atoms with Gasteiger partial charge in [0.2, 0.25) is 10.0 Å². The van der Waals surface area contributed by atoms with Crippen LogP contribution in [-0.4, -0.2) is 23.2 Å². The van der Waals surface area contributed by atoms with E-state index in [0.29, 0.717) is 29.2 Å². The molecule has 0 amide bonds. The Morgan fingerprint density at radius 1 is 1.10 bits per heavy atom. The number of ether oxygens (including phenoxy) is 1. The molecule has 1 atom stereocenters. The van der Waals surface area contributed by atoms with Gasteiger partial charge in [0.15, 0.2) is 5.82 Å².